The lowest BCUT2D eigenvalue weighted by atomic mass is 9.78. The molecule has 3 heteroatoms. The SMILES string of the molecule is COc1cc(C(=O)NC2CCCC(C)C2C)ccc1C. The van der Waals surface area contributed by atoms with Crippen molar-refractivity contribution >= 4 is 5.91 Å². The van der Waals surface area contributed by atoms with Crippen molar-refractivity contribution in [2.75, 3.05) is 7.11 Å². The number of benzene rings is 1. The van der Waals surface area contributed by atoms with Crippen LogP contribution in [0.4, 0.5) is 0 Å². The van der Waals surface area contributed by atoms with Crippen molar-refractivity contribution in [3.05, 3.63) is 29.3 Å². The lowest BCUT2D eigenvalue weighted by Crippen LogP contribution is -2.43. The van der Waals surface area contributed by atoms with E-state index in [1.807, 2.05) is 25.1 Å². The maximum atomic E-state index is 12.4. The molecule has 110 valence electrons. The topological polar surface area (TPSA) is 38.3 Å². The Morgan fingerprint density at radius 2 is 2.05 bits per heavy atom. The summed E-state index contributed by atoms with van der Waals surface area (Å²) < 4.78 is 5.28. The van der Waals surface area contributed by atoms with Crippen molar-refractivity contribution in [3.63, 3.8) is 0 Å². The Balaban J connectivity index is 2.08. The van der Waals surface area contributed by atoms with Gasteiger partial charge in [0.1, 0.15) is 5.75 Å². The summed E-state index contributed by atoms with van der Waals surface area (Å²) in [7, 11) is 1.63. The van der Waals surface area contributed by atoms with Crippen LogP contribution in [0.1, 0.15) is 49.0 Å². The first-order chi connectivity index (χ1) is 9.52. The van der Waals surface area contributed by atoms with Gasteiger partial charge in [-0.3, -0.25) is 4.79 Å². The van der Waals surface area contributed by atoms with Gasteiger partial charge in [0.25, 0.3) is 5.91 Å². The van der Waals surface area contributed by atoms with E-state index in [9.17, 15) is 4.79 Å². The fraction of sp³-hybridized carbons (Fsp3) is 0.588. The standard InChI is InChI=1S/C17H25NO2/c1-11-6-5-7-15(13(11)3)18-17(19)14-9-8-12(2)16(10-14)20-4/h8-11,13,15H,5-7H2,1-4H3,(H,18,19). The molecule has 3 unspecified atom stereocenters. The summed E-state index contributed by atoms with van der Waals surface area (Å²) in [5, 5.41) is 3.19. The Hall–Kier alpha value is -1.51. The molecular weight excluding hydrogens is 250 g/mol. The van der Waals surface area contributed by atoms with Crippen LogP contribution in [0.15, 0.2) is 18.2 Å². The molecular formula is C17H25NO2. The molecule has 1 aliphatic rings. The molecule has 1 aromatic rings. The molecule has 0 radical (unpaired) electrons. The lowest BCUT2D eigenvalue weighted by Gasteiger charge is -2.34. The second kappa shape index (κ2) is 6.29. The summed E-state index contributed by atoms with van der Waals surface area (Å²) in [5.74, 6) is 2.00. The van der Waals surface area contributed by atoms with E-state index in [-0.39, 0.29) is 5.91 Å². The molecule has 0 aromatic heterocycles. The van der Waals surface area contributed by atoms with Crippen LogP contribution in [0.5, 0.6) is 5.75 Å². The van der Waals surface area contributed by atoms with E-state index in [1.54, 1.807) is 7.11 Å². The van der Waals surface area contributed by atoms with Crippen LogP contribution >= 0.6 is 0 Å². The minimum Gasteiger partial charge on any atom is -0.496 e. The molecule has 0 bridgehead atoms. The van der Waals surface area contributed by atoms with Crippen molar-refractivity contribution in [1.29, 1.82) is 0 Å². The lowest BCUT2D eigenvalue weighted by molar-refractivity contribution is 0.0890. The Bertz CT molecular complexity index is 484. The van der Waals surface area contributed by atoms with E-state index < -0.39 is 0 Å². The number of methoxy groups -OCH3 is 1. The number of hydrogen-bond donors (Lipinski definition) is 1. The number of ether oxygens (including phenoxy) is 1. The van der Waals surface area contributed by atoms with E-state index in [0.717, 1.165) is 17.7 Å². The number of carbonyl (C=O) groups excluding carboxylic acids is 1. The predicted octanol–water partition coefficient (Wildman–Crippen LogP) is 3.56. The zero-order valence-corrected chi connectivity index (χ0v) is 12.9. The highest BCUT2D eigenvalue weighted by Crippen LogP contribution is 2.29. The van der Waals surface area contributed by atoms with Gasteiger partial charge < -0.3 is 10.1 Å². The Labute approximate surface area is 121 Å². The number of hydrogen-bond acceptors (Lipinski definition) is 2. The molecule has 1 aromatic carbocycles. The number of rotatable bonds is 3. The van der Waals surface area contributed by atoms with Crippen molar-refractivity contribution in [2.24, 2.45) is 11.8 Å². The number of nitrogens with one attached hydrogen (secondary N) is 1. The van der Waals surface area contributed by atoms with Crippen molar-refractivity contribution in [2.45, 2.75) is 46.1 Å². The van der Waals surface area contributed by atoms with Crippen LogP contribution in [0, 0.1) is 18.8 Å². The summed E-state index contributed by atoms with van der Waals surface area (Å²) in [6.45, 7) is 6.49. The van der Waals surface area contributed by atoms with Gasteiger partial charge in [-0.25, -0.2) is 0 Å². The highest BCUT2D eigenvalue weighted by atomic mass is 16.5. The summed E-state index contributed by atoms with van der Waals surface area (Å²) in [6, 6.07) is 5.91. The first kappa shape index (κ1) is 14.9. The van der Waals surface area contributed by atoms with Gasteiger partial charge in [0.05, 0.1) is 7.11 Å². The Morgan fingerprint density at radius 3 is 2.75 bits per heavy atom. The van der Waals surface area contributed by atoms with Crippen LogP contribution in [-0.4, -0.2) is 19.1 Å². The van der Waals surface area contributed by atoms with Gasteiger partial charge in [0.2, 0.25) is 0 Å². The van der Waals surface area contributed by atoms with Crippen LogP contribution in [0.25, 0.3) is 0 Å². The molecule has 0 heterocycles. The second-order valence-corrected chi connectivity index (χ2v) is 6.03. The van der Waals surface area contributed by atoms with Gasteiger partial charge in [-0.2, -0.15) is 0 Å². The zero-order valence-electron chi connectivity index (χ0n) is 12.9. The molecule has 1 aliphatic carbocycles. The van der Waals surface area contributed by atoms with Gasteiger partial charge in [-0.15, -0.1) is 0 Å². The molecule has 3 nitrogen and oxygen atoms in total. The molecule has 1 amide bonds. The summed E-state index contributed by atoms with van der Waals surface area (Å²) >= 11 is 0. The van der Waals surface area contributed by atoms with Gasteiger partial charge >= 0.3 is 0 Å². The Kier molecular flexibility index (Phi) is 4.69. The van der Waals surface area contributed by atoms with E-state index >= 15 is 0 Å². The summed E-state index contributed by atoms with van der Waals surface area (Å²) in [6.07, 6.45) is 3.56. The van der Waals surface area contributed by atoms with Gasteiger partial charge in [-0.1, -0.05) is 32.8 Å². The van der Waals surface area contributed by atoms with Gasteiger partial charge in [0, 0.05) is 11.6 Å². The largest absolute Gasteiger partial charge is 0.496 e. The summed E-state index contributed by atoms with van der Waals surface area (Å²) in [4.78, 5) is 12.4. The minimum atomic E-state index is 0.00856. The fourth-order valence-electron chi connectivity index (χ4n) is 3.00. The monoisotopic (exact) mass is 275 g/mol. The van der Waals surface area contributed by atoms with E-state index in [2.05, 4.69) is 19.2 Å². The first-order valence-electron chi connectivity index (χ1n) is 7.48. The van der Waals surface area contributed by atoms with Crippen molar-refractivity contribution in [1.82, 2.24) is 5.32 Å². The smallest absolute Gasteiger partial charge is 0.251 e. The molecule has 0 spiro atoms. The third kappa shape index (κ3) is 3.14. The molecule has 3 atom stereocenters. The van der Waals surface area contributed by atoms with Crippen molar-refractivity contribution in [3.8, 4) is 5.75 Å². The van der Waals surface area contributed by atoms with Crippen LogP contribution in [0.3, 0.4) is 0 Å². The van der Waals surface area contributed by atoms with Crippen LogP contribution in [-0.2, 0) is 0 Å². The van der Waals surface area contributed by atoms with Crippen LogP contribution < -0.4 is 10.1 Å². The highest BCUT2D eigenvalue weighted by Gasteiger charge is 2.28. The first-order valence-corrected chi connectivity index (χ1v) is 7.48. The minimum absolute atomic E-state index is 0.00856. The molecule has 20 heavy (non-hydrogen) atoms. The third-order valence-electron chi connectivity index (χ3n) is 4.69. The Morgan fingerprint density at radius 1 is 1.30 bits per heavy atom. The second-order valence-electron chi connectivity index (χ2n) is 6.03. The van der Waals surface area contributed by atoms with Gasteiger partial charge in [-0.05, 0) is 42.9 Å². The highest BCUT2D eigenvalue weighted by molar-refractivity contribution is 5.94. The maximum Gasteiger partial charge on any atom is 0.251 e. The average Bonchev–Trinajstić information content (AvgIpc) is 2.44. The van der Waals surface area contributed by atoms with E-state index in [1.165, 1.54) is 12.8 Å². The van der Waals surface area contributed by atoms with E-state index in [0.29, 0.717) is 23.4 Å². The van der Waals surface area contributed by atoms with Gasteiger partial charge in [0.15, 0.2) is 0 Å². The fourth-order valence-corrected chi connectivity index (χ4v) is 3.00. The maximum absolute atomic E-state index is 12.4. The normalized spacial score (nSPS) is 26.1. The predicted molar refractivity (Wildman–Crippen MR) is 81.2 cm³/mol. The zero-order chi connectivity index (χ0) is 14.7. The van der Waals surface area contributed by atoms with Crippen molar-refractivity contribution < 1.29 is 9.53 Å². The molecule has 0 aliphatic heterocycles. The molecule has 0 saturated heterocycles. The molecule has 1 saturated carbocycles. The molecule has 1 fully saturated rings. The quantitative estimate of drug-likeness (QED) is 0.916. The number of aryl methyl sites for hydroxylation is 1. The molecule has 1 N–H and O–H groups in total. The number of carbonyl (C=O) groups is 1. The van der Waals surface area contributed by atoms with E-state index in [4.69, 9.17) is 4.74 Å². The average molecular weight is 275 g/mol. The third-order valence-corrected chi connectivity index (χ3v) is 4.69. The number of amides is 1. The molecule has 2 rings (SSSR count). The summed E-state index contributed by atoms with van der Waals surface area (Å²) in [5.41, 5.74) is 1.72. The van der Waals surface area contributed by atoms with Crippen LogP contribution in [0.2, 0.25) is 0 Å².